The summed E-state index contributed by atoms with van der Waals surface area (Å²) in [5.74, 6) is 0.0466. The van der Waals surface area contributed by atoms with Gasteiger partial charge in [0.2, 0.25) is 0 Å². The molecule has 0 aliphatic rings. The van der Waals surface area contributed by atoms with Gasteiger partial charge in [0.25, 0.3) is 5.91 Å². The summed E-state index contributed by atoms with van der Waals surface area (Å²) < 4.78 is 0.926. The fourth-order valence-corrected chi connectivity index (χ4v) is 2.55. The van der Waals surface area contributed by atoms with Crippen molar-refractivity contribution in [3.63, 3.8) is 0 Å². The number of carbonyl (C=O) groups excluding carboxylic acids is 1. The van der Waals surface area contributed by atoms with Crippen molar-refractivity contribution >= 4 is 21.8 Å². The van der Waals surface area contributed by atoms with E-state index in [9.17, 15) is 4.79 Å². The van der Waals surface area contributed by atoms with Crippen molar-refractivity contribution in [1.82, 2.24) is 4.90 Å². The van der Waals surface area contributed by atoms with E-state index in [4.69, 9.17) is 0 Å². The van der Waals surface area contributed by atoms with E-state index in [0.29, 0.717) is 6.54 Å². The molecule has 1 amide bonds. The highest BCUT2D eigenvalue weighted by atomic mass is 79.9. The molecular formula is C17H18BrNO. The molecule has 0 aliphatic heterocycles. The smallest absolute Gasteiger partial charge is 0.254 e. The van der Waals surface area contributed by atoms with E-state index in [1.54, 1.807) is 4.90 Å². The van der Waals surface area contributed by atoms with Crippen LogP contribution in [-0.4, -0.2) is 17.9 Å². The maximum atomic E-state index is 12.5. The molecule has 0 spiro atoms. The number of hydrogen-bond donors (Lipinski definition) is 0. The van der Waals surface area contributed by atoms with Crippen LogP contribution in [0.4, 0.5) is 0 Å². The van der Waals surface area contributed by atoms with E-state index < -0.39 is 0 Å². The van der Waals surface area contributed by atoms with E-state index in [0.717, 1.165) is 21.2 Å². The van der Waals surface area contributed by atoms with E-state index in [1.165, 1.54) is 5.56 Å². The lowest BCUT2D eigenvalue weighted by molar-refractivity contribution is 0.0784. The van der Waals surface area contributed by atoms with Crippen LogP contribution in [0.2, 0.25) is 0 Å². The normalized spacial score (nSPS) is 10.4. The summed E-state index contributed by atoms with van der Waals surface area (Å²) >= 11 is 3.42. The van der Waals surface area contributed by atoms with Crippen molar-refractivity contribution in [3.8, 4) is 0 Å². The molecule has 0 N–H and O–H groups in total. The molecular weight excluding hydrogens is 314 g/mol. The Kier molecular flexibility index (Phi) is 4.61. The zero-order chi connectivity index (χ0) is 14.7. The third-order valence-electron chi connectivity index (χ3n) is 3.28. The molecule has 0 atom stereocenters. The second-order valence-electron chi connectivity index (χ2n) is 5.11. The molecule has 2 rings (SSSR count). The minimum Gasteiger partial charge on any atom is -0.337 e. The molecule has 20 heavy (non-hydrogen) atoms. The van der Waals surface area contributed by atoms with Gasteiger partial charge in [0.05, 0.1) is 0 Å². The van der Waals surface area contributed by atoms with Crippen LogP contribution in [0.15, 0.2) is 46.9 Å². The average Bonchev–Trinajstić information content (AvgIpc) is 2.40. The van der Waals surface area contributed by atoms with Crippen molar-refractivity contribution in [1.29, 1.82) is 0 Å². The van der Waals surface area contributed by atoms with Gasteiger partial charge in [0.1, 0.15) is 0 Å². The summed E-state index contributed by atoms with van der Waals surface area (Å²) in [7, 11) is 1.84. The fraction of sp³-hybridized carbons (Fsp3) is 0.235. The Morgan fingerprint density at radius 1 is 1.15 bits per heavy atom. The predicted molar refractivity (Wildman–Crippen MR) is 85.9 cm³/mol. The molecule has 3 heteroatoms. The second kappa shape index (κ2) is 6.23. The summed E-state index contributed by atoms with van der Waals surface area (Å²) in [6, 6.07) is 14.0. The van der Waals surface area contributed by atoms with Gasteiger partial charge < -0.3 is 4.90 Å². The number of carbonyl (C=O) groups is 1. The van der Waals surface area contributed by atoms with Crippen molar-refractivity contribution < 1.29 is 4.79 Å². The first-order chi connectivity index (χ1) is 9.47. The molecule has 0 fully saturated rings. The van der Waals surface area contributed by atoms with Crippen LogP contribution in [0.1, 0.15) is 27.0 Å². The molecule has 0 unspecified atom stereocenters. The standard InChI is InChI=1S/C17H18BrNO/c1-12-5-4-6-14(9-12)11-19(3)17(20)16-10-15(18)8-7-13(16)2/h4-10H,11H2,1-3H3. The zero-order valence-corrected chi connectivity index (χ0v) is 13.6. The Bertz CT molecular complexity index is 637. The third kappa shape index (κ3) is 3.48. The largest absolute Gasteiger partial charge is 0.337 e. The first-order valence-electron chi connectivity index (χ1n) is 6.54. The topological polar surface area (TPSA) is 20.3 Å². The summed E-state index contributed by atoms with van der Waals surface area (Å²) in [6.45, 7) is 4.64. The lowest BCUT2D eigenvalue weighted by Crippen LogP contribution is -2.26. The van der Waals surface area contributed by atoms with Crippen LogP contribution >= 0.6 is 15.9 Å². The average molecular weight is 332 g/mol. The third-order valence-corrected chi connectivity index (χ3v) is 3.77. The second-order valence-corrected chi connectivity index (χ2v) is 6.03. The molecule has 0 saturated carbocycles. The van der Waals surface area contributed by atoms with Crippen LogP contribution in [0, 0.1) is 13.8 Å². The van der Waals surface area contributed by atoms with Crippen molar-refractivity contribution in [2.75, 3.05) is 7.05 Å². The Morgan fingerprint density at radius 3 is 2.60 bits per heavy atom. The van der Waals surface area contributed by atoms with Crippen LogP contribution in [0.3, 0.4) is 0 Å². The molecule has 0 heterocycles. The molecule has 0 bridgehead atoms. The van der Waals surface area contributed by atoms with Crippen LogP contribution in [0.5, 0.6) is 0 Å². The first-order valence-corrected chi connectivity index (χ1v) is 7.34. The predicted octanol–water partition coefficient (Wildman–Crippen LogP) is 4.34. The van der Waals surface area contributed by atoms with Gasteiger partial charge in [-0.1, -0.05) is 51.8 Å². The number of halogens is 1. The first kappa shape index (κ1) is 14.8. The number of nitrogens with zero attached hydrogens (tertiary/aromatic N) is 1. The van der Waals surface area contributed by atoms with Gasteiger partial charge in [-0.05, 0) is 37.1 Å². The summed E-state index contributed by atoms with van der Waals surface area (Å²) in [5.41, 5.74) is 4.10. The lowest BCUT2D eigenvalue weighted by Gasteiger charge is -2.19. The quantitative estimate of drug-likeness (QED) is 0.819. The molecule has 2 nitrogen and oxygen atoms in total. The highest BCUT2D eigenvalue weighted by Gasteiger charge is 2.14. The Hall–Kier alpha value is -1.61. The van der Waals surface area contributed by atoms with Gasteiger partial charge >= 0.3 is 0 Å². The summed E-state index contributed by atoms with van der Waals surface area (Å²) in [4.78, 5) is 14.3. The summed E-state index contributed by atoms with van der Waals surface area (Å²) in [5, 5.41) is 0. The minimum absolute atomic E-state index is 0.0466. The maximum absolute atomic E-state index is 12.5. The van der Waals surface area contributed by atoms with Crippen molar-refractivity contribution in [2.24, 2.45) is 0 Å². The highest BCUT2D eigenvalue weighted by molar-refractivity contribution is 9.10. The summed E-state index contributed by atoms with van der Waals surface area (Å²) in [6.07, 6.45) is 0. The van der Waals surface area contributed by atoms with E-state index in [-0.39, 0.29) is 5.91 Å². The molecule has 104 valence electrons. The van der Waals surface area contributed by atoms with Crippen LogP contribution in [-0.2, 0) is 6.54 Å². The number of amides is 1. The van der Waals surface area contributed by atoms with E-state index >= 15 is 0 Å². The number of hydrogen-bond acceptors (Lipinski definition) is 1. The van der Waals surface area contributed by atoms with Crippen LogP contribution < -0.4 is 0 Å². The Labute approximate surface area is 128 Å². The SMILES string of the molecule is Cc1cccc(CN(C)C(=O)c2cc(Br)ccc2C)c1. The number of benzene rings is 2. The van der Waals surface area contributed by atoms with Gasteiger partial charge in [-0.25, -0.2) is 0 Å². The number of rotatable bonds is 3. The van der Waals surface area contributed by atoms with Crippen molar-refractivity contribution in [3.05, 3.63) is 69.2 Å². The molecule has 0 aromatic heterocycles. The minimum atomic E-state index is 0.0466. The fourth-order valence-electron chi connectivity index (χ4n) is 2.19. The molecule has 2 aromatic carbocycles. The van der Waals surface area contributed by atoms with Gasteiger partial charge in [-0.3, -0.25) is 4.79 Å². The Morgan fingerprint density at radius 2 is 1.90 bits per heavy atom. The molecule has 0 radical (unpaired) electrons. The van der Waals surface area contributed by atoms with Gasteiger partial charge in [-0.2, -0.15) is 0 Å². The molecule has 0 saturated heterocycles. The highest BCUT2D eigenvalue weighted by Crippen LogP contribution is 2.18. The molecule has 2 aromatic rings. The molecule has 0 aliphatic carbocycles. The van der Waals surface area contributed by atoms with Gasteiger partial charge in [0.15, 0.2) is 0 Å². The van der Waals surface area contributed by atoms with Gasteiger partial charge in [0, 0.05) is 23.6 Å². The number of aryl methyl sites for hydroxylation is 2. The van der Waals surface area contributed by atoms with Crippen molar-refractivity contribution in [2.45, 2.75) is 20.4 Å². The van der Waals surface area contributed by atoms with E-state index in [1.807, 2.05) is 44.3 Å². The Balaban J connectivity index is 2.18. The van der Waals surface area contributed by atoms with Crippen LogP contribution in [0.25, 0.3) is 0 Å². The maximum Gasteiger partial charge on any atom is 0.254 e. The monoisotopic (exact) mass is 331 g/mol. The van der Waals surface area contributed by atoms with E-state index in [2.05, 4.69) is 35.0 Å². The van der Waals surface area contributed by atoms with Gasteiger partial charge in [-0.15, -0.1) is 0 Å². The zero-order valence-electron chi connectivity index (χ0n) is 12.0. The lowest BCUT2D eigenvalue weighted by atomic mass is 10.1.